The zero-order valence-electron chi connectivity index (χ0n) is 10.9. The fraction of sp³-hybridized carbons (Fsp3) is 0.467. The van der Waals surface area contributed by atoms with Gasteiger partial charge in [-0.25, -0.2) is 4.98 Å². The molecule has 4 heteroatoms. The van der Waals surface area contributed by atoms with Crippen molar-refractivity contribution in [2.75, 3.05) is 0 Å². The van der Waals surface area contributed by atoms with Gasteiger partial charge in [0.05, 0.1) is 16.8 Å². The summed E-state index contributed by atoms with van der Waals surface area (Å²) >= 11 is 1.66. The van der Waals surface area contributed by atoms with Crippen LogP contribution in [-0.4, -0.2) is 10.9 Å². The molecule has 0 radical (unpaired) electrons. The van der Waals surface area contributed by atoms with Gasteiger partial charge in [-0.15, -0.1) is 11.3 Å². The predicted octanol–water partition coefficient (Wildman–Crippen LogP) is 3.49. The number of thiazole rings is 1. The molecule has 1 aliphatic rings. The maximum atomic E-state index is 12.1. The van der Waals surface area contributed by atoms with E-state index in [1.807, 2.05) is 18.2 Å². The lowest BCUT2D eigenvalue weighted by atomic mass is 9.89. The van der Waals surface area contributed by atoms with E-state index < -0.39 is 0 Å². The second-order valence-electron chi connectivity index (χ2n) is 5.13. The largest absolute Gasteiger partial charge is 0.349 e. The highest BCUT2D eigenvalue weighted by atomic mass is 32.1. The third-order valence-electron chi connectivity index (χ3n) is 3.73. The van der Waals surface area contributed by atoms with E-state index >= 15 is 0 Å². The first kappa shape index (κ1) is 12.6. The van der Waals surface area contributed by atoms with Crippen LogP contribution >= 0.6 is 11.3 Å². The number of amides is 1. The Morgan fingerprint density at radius 2 is 2.05 bits per heavy atom. The van der Waals surface area contributed by atoms with Crippen molar-refractivity contribution in [3.8, 4) is 0 Å². The molecule has 0 atom stereocenters. The van der Waals surface area contributed by atoms with Crippen LogP contribution in [0.2, 0.25) is 0 Å². The number of fused-ring (bicyclic) bond motifs is 1. The first-order valence-corrected chi connectivity index (χ1v) is 7.77. The standard InChI is InChI=1S/C15H18N2OS/c18-15(11-6-2-1-3-7-11)16-10-14-17-12-8-4-5-9-13(12)19-14/h4-5,8-9,11H,1-3,6-7,10H2,(H,16,18). The maximum absolute atomic E-state index is 12.1. The average Bonchev–Trinajstić information content (AvgIpc) is 2.88. The Balaban J connectivity index is 1.60. The molecule has 19 heavy (non-hydrogen) atoms. The summed E-state index contributed by atoms with van der Waals surface area (Å²) in [5.74, 6) is 0.432. The number of carbonyl (C=O) groups excluding carboxylic acids is 1. The average molecular weight is 274 g/mol. The summed E-state index contributed by atoms with van der Waals surface area (Å²) in [7, 11) is 0. The van der Waals surface area contributed by atoms with Gasteiger partial charge in [-0.2, -0.15) is 0 Å². The topological polar surface area (TPSA) is 42.0 Å². The molecule has 1 N–H and O–H groups in total. The van der Waals surface area contributed by atoms with E-state index in [0.29, 0.717) is 6.54 Å². The van der Waals surface area contributed by atoms with E-state index in [4.69, 9.17) is 0 Å². The van der Waals surface area contributed by atoms with Crippen molar-refractivity contribution in [2.24, 2.45) is 5.92 Å². The third-order valence-corrected chi connectivity index (χ3v) is 4.76. The number of rotatable bonds is 3. The molecule has 0 spiro atoms. The first-order valence-electron chi connectivity index (χ1n) is 6.95. The SMILES string of the molecule is O=C(NCc1nc2ccccc2s1)C1CCCCC1. The van der Waals surface area contributed by atoms with E-state index in [2.05, 4.69) is 16.4 Å². The van der Waals surface area contributed by atoms with Gasteiger partial charge in [0.1, 0.15) is 5.01 Å². The monoisotopic (exact) mass is 274 g/mol. The van der Waals surface area contributed by atoms with Crippen LogP contribution in [-0.2, 0) is 11.3 Å². The van der Waals surface area contributed by atoms with Crippen LogP contribution in [0.15, 0.2) is 24.3 Å². The molecule has 1 aromatic heterocycles. The van der Waals surface area contributed by atoms with Gasteiger partial charge in [0.2, 0.25) is 5.91 Å². The summed E-state index contributed by atoms with van der Waals surface area (Å²) in [4.78, 5) is 16.6. The predicted molar refractivity (Wildman–Crippen MR) is 78.0 cm³/mol. The minimum absolute atomic E-state index is 0.207. The van der Waals surface area contributed by atoms with Crippen molar-refractivity contribution >= 4 is 27.5 Å². The Morgan fingerprint density at radius 3 is 2.84 bits per heavy atom. The molecule has 3 nitrogen and oxygen atoms in total. The molecule has 0 unspecified atom stereocenters. The molecule has 1 aliphatic carbocycles. The quantitative estimate of drug-likeness (QED) is 0.931. The minimum Gasteiger partial charge on any atom is -0.349 e. The van der Waals surface area contributed by atoms with Crippen LogP contribution in [0.1, 0.15) is 37.1 Å². The molecule has 3 rings (SSSR count). The first-order chi connectivity index (χ1) is 9.33. The summed E-state index contributed by atoms with van der Waals surface area (Å²) in [6.07, 6.45) is 5.76. The summed E-state index contributed by atoms with van der Waals surface area (Å²) in [6.45, 7) is 0.564. The number of hydrogen-bond donors (Lipinski definition) is 1. The molecular weight excluding hydrogens is 256 g/mol. The van der Waals surface area contributed by atoms with Crippen molar-refractivity contribution in [3.63, 3.8) is 0 Å². The van der Waals surface area contributed by atoms with Crippen molar-refractivity contribution in [1.29, 1.82) is 0 Å². The van der Waals surface area contributed by atoms with Gasteiger partial charge in [0, 0.05) is 5.92 Å². The Morgan fingerprint density at radius 1 is 1.26 bits per heavy atom. The molecule has 1 heterocycles. The van der Waals surface area contributed by atoms with Crippen molar-refractivity contribution in [1.82, 2.24) is 10.3 Å². The van der Waals surface area contributed by atoms with E-state index in [-0.39, 0.29) is 11.8 Å². The van der Waals surface area contributed by atoms with E-state index in [0.717, 1.165) is 23.4 Å². The van der Waals surface area contributed by atoms with Crippen molar-refractivity contribution in [2.45, 2.75) is 38.6 Å². The number of nitrogens with zero attached hydrogens (tertiary/aromatic N) is 1. The Hall–Kier alpha value is -1.42. The van der Waals surface area contributed by atoms with Crippen LogP contribution < -0.4 is 5.32 Å². The highest BCUT2D eigenvalue weighted by molar-refractivity contribution is 7.18. The number of nitrogens with one attached hydrogen (secondary N) is 1. The fourth-order valence-electron chi connectivity index (χ4n) is 2.67. The molecule has 0 saturated heterocycles. The zero-order valence-corrected chi connectivity index (χ0v) is 11.7. The normalized spacial score (nSPS) is 16.6. The Labute approximate surface area is 117 Å². The highest BCUT2D eigenvalue weighted by Gasteiger charge is 2.20. The smallest absolute Gasteiger partial charge is 0.223 e. The van der Waals surface area contributed by atoms with E-state index in [1.54, 1.807) is 11.3 Å². The molecule has 1 amide bonds. The van der Waals surface area contributed by atoms with Crippen LogP contribution in [0.3, 0.4) is 0 Å². The maximum Gasteiger partial charge on any atom is 0.223 e. The Kier molecular flexibility index (Phi) is 3.78. The lowest BCUT2D eigenvalue weighted by Gasteiger charge is -2.20. The third kappa shape index (κ3) is 2.95. The van der Waals surface area contributed by atoms with Gasteiger partial charge >= 0.3 is 0 Å². The van der Waals surface area contributed by atoms with Crippen LogP contribution in [0, 0.1) is 5.92 Å². The molecule has 0 aliphatic heterocycles. The summed E-state index contributed by atoms with van der Waals surface area (Å²) < 4.78 is 1.18. The second kappa shape index (κ2) is 5.70. The van der Waals surface area contributed by atoms with Crippen molar-refractivity contribution < 1.29 is 4.79 Å². The van der Waals surface area contributed by atoms with Gasteiger partial charge in [-0.1, -0.05) is 31.4 Å². The molecule has 0 bridgehead atoms. The molecule has 1 fully saturated rings. The summed E-state index contributed by atoms with van der Waals surface area (Å²) in [5.41, 5.74) is 1.02. The molecule has 1 saturated carbocycles. The lowest BCUT2D eigenvalue weighted by Crippen LogP contribution is -2.31. The van der Waals surface area contributed by atoms with Crippen LogP contribution in [0.25, 0.3) is 10.2 Å². The van der Waals surface area contributed by atoms with Gasteiger partial charge in [-0.3, -0.25) is 4.79 Å². The van der Waals surface area contributed by atoms with Gasteiger partial charge < -0.3 is 5.32 Å². The lowest BCUT2D eigenvalue weighted by molar-refractivity contribution is -0.126. The highest BCUT2D eigenvalue weighted by Crippen LogP contribution is 2.24. The van der Waals surface area contributed by atoms with E-state index in [1.165, 1.54) is 24.0 Å². The fourth-order valence-corrected chi connectivity index (χ4v) is 3.57. The van der Waals surface area contributed by atoms with Gasteiger partial charge in [-0.05, 0) is 25.0 Å². The molecule has 100 valence electrons. The molecular formula is C15H18N2OS. The minimum atomic E-state index is 0.207. The zero-order chi connectivity index (χ0) is 13.1. The van der Waals surface area contributed by atoms with Crippen molar-refractivity contribution in [3.05, 3.63) is 29.3 Å². The van der Waals surface area contributed by atoms with Crippen LogP contribution in [0.5, 0.6) is 0 Å². The number of carbonyl (C=O) groups is 1. The Bertz CT molecular complexity index is 539. The second-order valence-corrected chi connectivity index (χ2v) is 6.24. The molecule has 1 aromatic carbocycles. The number of hydrogen-bond acceptors (Lipinski definition) is 3. The number of para-hydroxylation sites is 1. The van der Waals surface area contributed by atoms with E-state index in [9.17, 15) is 4.79 Å². The van der Waals surface area contributed by atoms with Gasteiger partial charge in [0.25, 0.3) is 0 Å². The summed E-state index contributed by atoms with van der Waals surface area (Å²) in [6, 6.07) is 8.09. The number of benzene rings is 1. The molecule has 2 aromatic rings. The van der Waals surface area contributed by atoms with Crippen LogP contribution in [0.4, 0.5) is 0 Å². The summed E-state index contributed by atoms with van der Waals surface area (Å²) in [5, 5.41) is 4.03. The number of aromatic nitrogens is 1. The van der Waals surface area contributed by atoms with Gasteiger partial charge in [0.15, 0.2) is 0 Å².